The molecule has 0 aliphatic heterocycles. The van der Waals surface area contributed by atoms with Gasteiger partial charge in [0.25, 0.3) is 0 Å². The molecule has 1 atom stereocenters. The molecule has 0 saturated heterocycles. The topological polar surface area (TPSA) is 71.1 Å². The minimum Gasteiger partial charge on any atom is -0.315 e. The fourth-order valence-electron chi connectivity index (χ4n) is 3.33. The molecule has 4 rings (SSSR count). The van der Waals surface area contributed by atoms with Crippen LogP contribution in [0.25, 0.3) is 20.9 Å². The molecule has 158 valence electrons. The van der Waals surface area contributed by atoms with Gasteiger partial charge in [-0.15, -0.1) is 23.7 Å². The number of nitrogens with zero attached hydrogens (tertiary/aromatic N) is 1. The van der Waals surface area contributed by atoms with Crippen LogP contribution >= 0.6 is 23.7 Å². The molecule has 0 fully saturated rings. The molecule has 4 aromatic rings. The van der Waals surface area contributed by atoms with Gasteiger partial charge in [0.05, 0.1) is 4.90 Å². The summed E-state index contributed by atoms with van der Waals surface area (Å²) in [7, 11) is -3.57. The van der Waals surface area contributed by atoms with Gasteiger partial charge in [-0.05, 0) is 71.9 Å². The molecule has 0 bridgehead atoms. The maximum absolute atomic E-state index is 12.7. The van der Waals surface area contributed by atoms with E-state index in [-0.39, 0.29) is 23.3 Å². The number of rotatable bonds is 8. The van der Waals surface area contributed by atoms with E-state index < -0.39 is 10.0 Å². The van der Waals surface area contributed by atoms with E-state index >= 15 is 0 Å². The normalized spacial score (nSPS) is 12.7. The molecule has 0 spiro atoms. The van der Waals surface area contributed by atoms with E-state index in [0.29, 0.717) is 6.54 Å². The zero-order valence-electron chi connectivity index (χ0n) is 16.5. The van der Waals surface area contributed by atoms with E-state index in [0.717, 1.165) is 23.7 Å². The number of aromatic nitrogens is 1. The first kappa shape index (κ1) is 22.7. The summed E-state index contributed by atoms with van der Waals surface area (Å²) in [4.78, 5) is 4.33. The average molecular weight is 462 g/mol. The molecule has 2 N–H and O–H groups in total. The largest absolute Gasteiger partial charge is 0.315 e. The van der Waals surface area contributed by atoms with Crippen molar-refractivity contribution in [3.8, 4) is 0 Å². The molecular formula is C22H24ClN3O2S2. The van der Waals surface area contributed by atoms with Crippen LogP contribution in [0.15, 0.2) is 71.2 Å². The Kier molecular flexibility index (Phi) is 7.44. The number of hydrogen-bond donors (Lipinski definition) is 2. The predicted molar refractivity (Wildman–Crippen MR) is 127 cm³/mol. The van der Waals surface area contributed by atoms with E-state index in [2.05, 4.69) is 44.7 Å². The predicted octanol–water partition coefficient (Wildman–Crippen LogP) is 4.37. The Morgan fingerprint density at radius 2 is 1.90 bits per heavy atom. The summed E-state index contributed by atoms with van der Waals surface area (Å²) in [5, 5.41) is 8.50. The van der Waals surface area contributed by atoms with Crippen LogP contribution in [-0.4, -0.2) is 32.5 Å². The minimum absolute atomic E-state index is 0. The molecule has 2 aromatic heterocycles. The Morgan fingerprint density at radius 3 is 2.77 bits per heavy atom. The molecule has 0 aliphatic carbocycles. The lowest BCUT2D eigenvalue weighted by molar-refractivity contribution is 0.537. The lowest BCUT2D eigenvalue weighted by Crippen LogP contribution is -2.40. The van der Waals surface area contributed by atoms with Gasteiger partial charge < -0.3 is 5.32 Å². The highest BCUT2D eigenvalue weighted by Crippen LogP contribution is 2.22. The molecule has 0 aliphatic rings. The number of thiophene rings is 1. The number of fused-ring (bicyclic) bond motifs is 2. The second-order valence-electron chi connectivity index (χ2n) is 7.15. The minimum atomic E-state index is -3.57. The highest BCUT2D eigenvalue weighted by molar-refractivity contribution is 7.89. The van der Waals surface area contributed by atoms with Crippen LogP contribution < -0.4 is 10.0 Å². The molecule has 0 radical (unpaired) electrons. The molecule has 8 heteroatoms. The Hall–Kier alpha value is -2.03. The number of halogens is 1. The molecule has 30 heavy (non-hydrogen) atoms. The van der Waals surface area contributed by atoms with Crippen molar-refractivity contribution in [1.82, 2.24) is 15.0 Å². The quantitative estimate of drug-likeness (QED) is 0.382. The van der Waals surface area contributed by atoms with Crippen molar-refractivity contribution in [3.63, 3.8) is 0 Å². The summed E-state index contributed by atoms with van der Waals surface area (Å²) in [6.45, 7) is 3.23. The summed E-state index contributed by atoms with van der Waals surface area (Å²) >= 11 is 1.75. The number of nitrogens with one attached hydrogen (secondary N) is 2. The van der Waals surface area contributed by atoms with Crippen LogP contribution in [0.2, 0.25) is 0 Å². The van der Waals surface area contributed by atoms with Crippen LogP contribution in [0.4, 0.5) is 0 Å². The first-order chi connectivity index (χ1) is 14.0. The SMILES string of the molecule is CC(CNCCc1ccc2sccc2c1)NS(=O)(=O)c1ccc2cnccc2c1.Cl. The number of pyridine rings is 1. The van der Waals surface area contributed by atoms with E-state index in [1.54, 1.807) is 41.9 Å². The molecule has 2 heterocycles. The Labute approximate surface area is 187 Å². The standard InChI is InChI=1S/C22H23N3O2S2.ClH/c1-16(14-23-9-6-17-2-5-22-19(12-17)8-11-28-22)25-29(26,27)21-4-3-20-15-24-10-7-18(20)13-21;/h2-5,7-8,10-13,15-16,23,25H,6,9,14H2,1H3;1H. The van der Waals surface area contributed by atoms with Gasteiger partial charge >= 0.3 is 0 Å². The van der Waals surface area contributed by atoms with Crippen molar-refractivity contribution in [1.29, 1.82) is 0 Å². The summed E-state index contributed by atoms with van der Waals surface area (Å²) in [6.07, 6.45) is 4.29. The Balaban J connectivity index is 0.00000256. The highest BCUT2D eigenvalue weighted by Gasteiger charge is 2.17. The third kappa shape index (κ3) is 5.36. The zero-order chi connectivity index (χ0) is 20.3. The Bertz CT molecular complexity index is 1240. The van der Waals surface area contributed by atoms with Gasteiger partial charge in [-0.2, -0.15) is 0 Å². The van der Waals surface area contributed by atoms with Gasteiger partial charge in [-0.25, -0.2) is 13.1 Å². The molecule has 2 aromatic carbocycles. The zero-order valence-corrected chi connectivity index (χ0v) is 19.0. The summed E-state index contributed by atoms with van der Waals surface area (Å²) in [6, 6.07) is 15.3. The van der Waals surface area contributed by atoms with Crippen LogP contribution in [0.5, 0.6) is 0 Å². The third-order valence-corrected chi connectivity index (χ3v) is 7.32. The molecule has 0 amide bonds. The third-order valence-electron chi connectivity index (χ3n) is 4.84. The van der Waals surface area contributed by atoms with Crippen molar-refractivity contribution in [2.45, 2.75) is 24.3 Å². The van der Waals surface area contributed by atoms with Crippen LogP contribution in [0.1, 0.15) is 12.5 Å². The van der Waals surface area contributed by atoms with Gasteiger partial charge in [0, 0.05) is 35.1 Å². The van der Waals surface area contributed by atoms with Crippen molar-refractivity contribution < 1.29 is 8.42 Å². The van der Waals surface area contributed by atoms with E-state index in [1.165, 1.54) is 15.6 Å². The van der Waals surface area contributed by atoms with Gasteiger partial charge in [0.1, 0.15) is 0 Å². The highest BCUT2D eigenvalue weighted by atomic mass is 35.5. The number of sulfonamides is 1. The first-order valence-electron chi connectivity index (χ1n) is 9.54. The van der Waals surface area contributed by atoms with E-state index in [4.69, 9.17) is 0 Å². The van der Waals surface area contributed by atoms with Gasteiger partial charge in [-0.3, -0.25) is 4.98 Å². The van der Waals surface area contributed by atoms with Gasteiger partial charge in [0.2, 0.25) is 10.0 Å². The number of benzene rings is 2. The smallest absolute Gasteiger partial charge is 0.240 e. The molecule has 1 unspecified atom stereocenters. The first-order valence-corrected chi connectivity index (χ1v) is 11.9. The fourth-order valence-corrected chi connectivity index (χ4v) is 5.38. The van der Waals surface area contributed by atoms with Crippen molar-refractivity contribution in [2.75, 3.05) is 13.1 Å². The average Bonchev–Trinajstić information content (AvgIpc) is 3.18. The van der Waals surface area contributed by atoms with E-state index in [1.807, 2.05) is 13.0 Å². The van der Waals surface area contributed by atoms with Gasteiger partial charge in [-0.1, -0.05) is 18.2 Å². The lowest BCUT2D eigenvalue weighted by Gasteiger charge is -2.15. The van der Waals surface area contributed by atoms with Crippen molar-refractivity contribution in [3.05, 3.63) is 71.9 Å². The van der Waals surface area contributed by atoms with Crippen LogP contribution in [0.3, 0.4) is 0 Å². The van der Waals surface area contributed by atoms with Crippen molar-refractivity contribution in [2.24, 2.45) is 0 Å². The molecule has 5 nitrogen and oxygen atoms in total. The lowest BCUT2D eigenvalue weighted by atomic mass is 10.1. The summed E-state index contributed by atoms with van der Waals surface area (Å²) in [5.74, 6) is 0. The Morgan fingerprint density at radius 1 is 1.03 bits per heavy atom. The second kappa shape index (κ2) is 9.85. The van der Waals surface area contributed by atoms with Crippen molar-refractivity contribution >= 4 is 54.6 Å². The van der Waals surface area contributed by atoms with Crippen LogP contribution in [-0.2, 0) is 16.4 Å². The summed E-state index contributed by atoms with van der Waals surface area (Å²) in [5.41, 5.74) is 1.28. The van der Waals surface area contributed by atoms with Crippen LogP contribution in [0, 0.1) is 0 Å². The maximum Gasteiger partial charge on any atom is 0.240 e. The second-order valence-corrected chi connectivity index (χ2v) is 9.82. The molecule has 0 saturated carbocycles. The van der Waals surface area contributed by atoms with E-state index in [9.17, 15) is 8.42 Å². The maximum atomic E-state index is 12.7. The fraction of sp³-hybridized carbons (Fsp3) is 0.227. The summed E-state index contributed by atoms with van der Waals surface area (Å²) < 4.78 is 29.4. The molecular weight excluding hydrogens is 438 g/mol. The monoisotopic (exact) mass is 461 g/mol. The van der Waals surface area contributed by atoms with Gasteiger partial charge in [0.15, 0.2) is 0 Å². The number of hydrogen-bond acceptors (Lipinski definition) is 5.